The quantitative estimate of drug-likeness (QED) is 0.835. The fraction of sp³-hybridized carbons (Fsp3) is 0.500. The molecule has 2 aromatic rings. The summed E-state index contributed by atoms with van der Waals surface area (Å²) in [5.74, 6) is 0.674. The van der Waals surface area contributed by atoms with E-state index in [0.29, 0.717) is 18.3 Å². The number of benzene rings is 1. The number of carbonyl (C=O) groups excluding carboxylic acids is 1. The number of nitrogens with zero attached hydrogens (tertiary/aromatic N) is 3. The number of carbonyl (C=O) groups is 1. The molecule has 8 heteroatoms. The van der Waals surface area contributed by atoms with Crippen molar-refractivity contribution in [3.63, 3.8) is 0 Å². The maximum atomic E-state index is 12.3. The number of hydrogen-bond donors (Lipinski definition) is 1. The Bertz CT molecular complexity index is 742. The van der Waals surface area contributed by atoms with Gasteiger partial charge in [-0.3, -0.25) is 15.0 Å². The highest BCUT2D eigenvalue weighted by molar-refractivity contribution is 7.18. The Kier molecular flexibility index (Phi) is 6.18. The van der Waals surface area contributed by atoms with Crippen LogP contribution in [0.25, 0.3) is 10.6 Å². The first-order valence-corrected chi connectivity index (χ1v) is 9.60. The number of aromatic nitrogens is 2. The van der Waals surface area contributed by atoms with Crippen molar-refractivity contribution in [3.8, 4) is 16.3 Å². The van der Waals surface area contributed by atoms with Gasteiger partial charge in [-0.1, -0.05) is 23.5 Å². The van der Waals surface area contributed by atoms with E-state index < -0.39 is 0 Å². The van der Waals surface area contributed by atoms with Crippen molar-refractivity contribution < 1.29 is 14.3 Å². The molecule has 0 unspecified atom stereocenters. The van der Waals surface area contributed by atoms with Gasteiger partial charge in [-0.15, -0.1) is 10.2 Å². The average Bonchev–Trinajstić information content (AvgIpc) is 3.02. The molecule has 1 N–H and O–H groups in total. The molecule has 26 heavy (non-hydrogen) atoms. The lowest BCUT2D eigenvalue weighted by molar-refractivity contribution is -0.121. The van der Waals surface area contributed by atoms with Crippen LogP contribution in [0.1, 0.15) is 20.8 Å². The van der Waals surface area contributed by atoms with Crippen LogP contribution in [0.15, 0.2) is 24.3 Å². The molecule has 1 aromatic carbocycles. The number of hydrogen-bond acceptors (Lipinski definition) is 7. The molecule has 7 nitrogen and oxygen atoms in total. The van der Waals surface area contributed by atoms with E-state index in [1.807, 2.05) is 45.0 Å². The van der Waals surface area contributed by atoms with Gasteiger partial charge in [0.25, 0.3) is 0 Å². The summed E-state index contributed by atoms with van der Waals surface area (Å²) in [6, 6.07) is 7.69. The lowest BCUT2D eigenvalue weighted by atomic mass is 10.2. The smallest absolute Gasteiger partial charge is 0.240 e. The van der Waals surface area contributed by atoms with Gasteiger partial charge in [-0.2, -0.15) is 0 Å². The van der Waals surface area contributed by atoms with Gasteiger partial charge < -0.3 is 9.47 Å². The third kappa shape index (κ3) is 4.78. The van der Waals surface area contributed by atoms with E-state index in [1.165, 1.54) is 11.3 Å². The Balaban J connectivity index is 1.62. The molecular weight excluding hydrogens is 352 g/mol. The van der Waals surface area contributed by atoms with E-state index >= 15 is 0 Å². The Morgan fingerprint density at radius 1 is 1.31 bits per heavy atom. The van der Waals surface area contributed by atoms with E-state index in [4.69, 9.17) is 9.47 Å². The summed E-state index contributed by atoms with van der Waals surface area (Å²) >= 11 is 1.34. The van der Waals surface area contributed by atoms with E-state index in [0.717, 1.165) is 29.4 Å². The molecule has 0 radical (unpaired) electrons. The Morgan fingerprint density at radius 2 is 2.04 bits per heavy atom. The SMILES string of the molecule is CCOc1ccccc1-c1nnc(NC(=O)CN2C[C@@H](C)O[C@@H](C)C2)s1. The zero-order valence-corrected chi connectivity index (χ0v) is 16.1. The van der Waals surface area contributed by atoms with Gasteiger partial charge in [0.15, 0.2) is 5.01 Å². The maximum absolute atomic E-state index is 12.3. The third-order valence-electron chi connectivity index (χ3n) is 3.95. The molecule has 1 aromatic heterocycles. The highest BCUT2D eigenvalue weighted by atomic mass is 32.1. The molecule has 1 amide bonds. The predicted molar refractivity (Wildman–Crippen MR) is 102 cm³/mol. The number of nitrogens with one attached hydrogen (secondary N) is 1. The molecule has 140 valence electrons. The summed E-state index contributed by atoms with van der Waals surface area (Å²) in [5.41, 5.74) is 0.878. The monoisotopic (exact) mass is 376 g/mol. The minimum Gasteiger partial charge on any atom is -0.493 e. The predicted octanol–water partition coefficient (Wildman–Crippen LogP) is 2.65. The number of rotatable bonds is 6. The van der Waals surface area contributed by atoms with Gasteiger partial charge in [0.2, 0.25) is 11.0 Å². The van der Waals surface area contributed by atoms with Crippen LogP contribution in [0, 0.1) is 0 Å². The lowest BCUT2D eigenvalue weighted by Crippen LogP contribution is -2.48. The fourth-order valence-electron chi connectivity index (χ4n) is 3.08. The second-order valence-electron chi connectivity index (χ2n) is 6.34. The molecule has 3 rings (SSSR count). The van der Waals surface area contributed by atoms with Crippen molar-refractivity contribution in [2.24, 2.45) is 0 Å². The van der Waals surface area contributed by atoms with Crippen LogP contribution in [-0.4, -0.2) is 59.5 Å². The van der Waals surface area contributed by atoms with Crippen LogP contribution < -0.4 is 10.1 Å². The minimum absolute atomic E-state index is 0.0907. The molecule has 1 aliphatic rings. The van der Waals surface area contributed by atoms with Crippen LogP contribution >= 0.6 is 11.3 Å². The molecule has 0 bridgehead atoms. The molecular formula is C18H24N4O3S. The van der Waals surface area contributed by atoms with E-state index in [-0.39, 0.29) is 18.1 Å². The highest BCUT2D eigenvalue weighted by Crippen LogP contribution is 2.33. The molecule has 2 atom stereocenters. The molecule has 0 aliphatic carbocycles. The zero-order chi connectivity index (χ0) is 18.5. The summed E-state index contributed by atoms with van der Waals surface area (Å²) in [6.07, 6.45) is 0.268. The van der Waals surface area contributed by atoms with E-state index in [1.54, 1.807) is 0 Å². The first kappa shape index (κ1) is 18.8. The average molecular weight is 376 g/mol. The Hall–Kier alpha value is -2.03. The number of ether oxygens (including phenoxy) is 2. The van der Waals surface area contributed by atoms with Gasteiger partial charge in [0, 0.05) is 13.1 Å². The van der Waals surface area contributed by atoms with Crippen LogP contribution in [0.3, 0.4) is 0 Å². The molecule has 1 saturated heterocycles. The van der Waals surface area contributed by atoms with Crippen molar-refractivity contribution in [2.75, 3.05) is 31.6 Å². The second kappa shape index (κ2) is 8.57. The fourth-order valence-corrected chi connectivity index (χ4v) is 3.87. The Labute approximate surface area is 157 Å². The lowest BCUT2D eigenvalue weighted by Gasteiger charge is -2.34. The number of para-hydroxylation sites is 1. The first-order valence-electron chi connectivity index (χ1n) is 8.78. The van der Waals surface area contributed by atoms with Crippen LogP contribution in [-0.2, 0) is 9.53 Å². The van der Waals surface area contributed by atoms with E-state index in [9.17, 15) is 4.79 Å². The van der Waals surface area contributed by atoms with Crippen LogP contribution in [0.5, 0.6) is 5.75 Å². The number of morpholine rings is 1. The molecule has 0 spiro atoms. The normalized spacial score (nSPS) is 20.7. The first-order chi connectivity index (χ1) is 12.5. The van der Waals surface area contributed by atoms with Crippen LogP contribution in [0.2, 0.25) is 0 Å². The van der Waals surface area contributed by atoms with Gasteiger partial charge in [0.05, 0.1) is 30.9 Å². The van der Waals surface area contributed by atoms with E-state index in [2.05, 4.69) is 20.4 Å². The highest BCUT2D eigenvalue weighted by Gasteiger charge is 2.24. The van der Waals surface area contributed by atoms with Gasteiger partial charge in [0.1, 0.15) is 5.75 Å². The minimum atomic E-state index is -0.0907. The summed E-state index contributed by atoms with van der Waals surface area (Å²) in [5, 5.41) is 12.3. The summed E-state index contributed by atoms with van der Waals surface area (Å²) in [4.78, 5) is 14.4. The molecule has 0 saturated carbocycles. The van der Waals surface area contributed by atoms with Gasteiger partial charge in [-0.05, 0) is 32.9 Å². The molecule has 2 heterocycles. The number of amides is 1. The zero-order valence-electron chi connectivity index (χ0n) is 15.3. The van der Waals surface area contributed by atoms with Crippen molar-refractivity contribution in [3.05, 3.63) is 24.3 Å². The maximum Gasteiger partial charge on any atom is 0.240 e. The van der Waals surface area contributed by atoms with Gasteiger partial charge in [-0.25, -0.2) is 0 Å². The molecule has 1 fully saturated rings. The van der Waals surface area contributed by atoms with Gasteiger partial charge >= 0.3 is 0 Å². The summed E-state index contributed by atoms with van der Waals surface area (Å²) in [7, 11) is 0. The topological polar surface area (TPSA) is 76.6 Å². The largest absolute Gasteiger partial charge is 0.493 e. The Morgan fingerprint density at radius 3 is 2.77 bits per heavy atom. The van der Waals surface area contributed by atoms with Crippen molar-refractivity contribution in [1.82, 2.24) is 15.1 Å². The second-order valence-corrected chi connectivity index (χ2v) is 7.32. The third-order valence-corrected chi connectivity index (χ3v) is 4.82. The van der Waals surface area contributed by atoms with Crippen molar-refractivity contribution >= 4 is 22.4 Å². The van der Waals surface area contributed by atoms with Crippen molar-refractivity contribution in [1.29, 1.82) is 0 Å². The van der Waals surface area contributed by atoms with Crippen molar-refractivity contribution in [2.45, 2.75) is 33.0 Å². The number of anilines is 1. The summed E-state index contributed by atoms with van der Waals surface area (Å²) < 4.78 is 11.3. The van der Waals surface area contributed by atoms with Crippen LogP contribution in [0.4, 0.5) is 5.13 Å². The summed E-state index contributed by atoms with van der Waals surface area (Å²) in [6.45, 7) is 8.39. The molecule has 1 aliphatic heterocycles. The standard InChI is InChI=1S/C18H24N4O3S/c1-4-24-15-8-6-5-7-14(15)17-20-21-18(26-17)19-16(23)11-22-9-12(2)25-13(3)10-22/h5-8,12-13H,4,9-11H2,1-3H3,(H,19,21,23)/t12-,13+.